The lowest BCUT2D eigenvalue weighted by Gasteiger charge is -2.03. The minimum absolute atomic E-state index is 0.178. The average Bonchev–Trinajstić information content (AvgIpc) is 2.33. The van der Waals surface area contributed by atoms with Gasteiger partial charge < -0.3 is 9.52 Å². The summed E-state index contributed by atoms with van der Waals surface area (Å²) in [4.78, 5) is 22.3. The molecule has 0 unspecified atom stereocenters. The number of halogens is 1. The first-order valence-corrected chi connectivity index (χ1v) is 5.10. The largest absolute Gasteiger partial charge is 0.475 e. The summed E-state index contributed by atoms with van der Waals surface area (Å²) >= 11 is 5.56. The molecule has 86 valence electrons. The Hall–Kier alpha value is -2.07. The van der Waals surface area contributed by atoms with Crippen LogP contribution in [0.5, 0.6) is 0 Å². The second-order valence-electron chi connectivity index (χ2n) is 3.29. The monoisotopic (exact) mass is 250 g/mol. The Morgan fingerprint density at radius 3 is 2.47 bits per heavy atom. The standard InChI is InChI=1S/C12H7ClO4/c13-10-8(14)6-9(17-11(10)12(15)16)7-4-2-1-3-5-7/h1-6H,(H,15,16). The molecule has 5 heteroatoms. The van der Waals surface area contributed by atoms with Crippen molar-refractivity contribution in [1.82, 2.24) is 0 Å². The van der Waals surface area contributed by atoms with Crippen LogP contribution in [0.1, 0.15) is 10.6 Å². The molecule has 0 spiro atoms. The van der Waals surface area contributed by atoms with Crippen LogP contribution in [-0.2, 0) is 0 Å². The number of carbonyl (C=O) groups is 1. The Kier molecular flexibility index (Phi) is 2.97. The predicted molar refractivity (Wildman–Crippen MR) is 62.4 cm³/mol. The van der Waals surface area contributed by atoms with E-state index in [2.05, 4.69) is 0 Å². The quantitative estimate of drug-likeness (QED) is 0.890. The van der Waals surface area contributed by atoms with E-state index in [1.54, 1.807) is 30.3 Å². The normalized spacial score (nSPS) is 10.2. The highest BCUT2D eigenvalue weighted by Crippen LogP contribution is 2.21. The molecule has 1 heterocycles. The molecule has 0 radical (unpaired) electrons. The van der Waals surface area contributed by atoms with Crippen molar-refractivity contribution in [2.45, 2.75) is 0 Å². The van der Waals surface area contributed by atoms with Crippen LogP contribution in [-0.4, -0.2) is 11.1 Å². The van der Waals surface area contributed by atoms with E-state index in [0.29, 0.717) is 5.56 Å². The van der Waals surface area contributed by atoms with E-state index < -0.39 is 22.2 Å². The van der Waals surface area contributed by atoms with Crippen LogP contribution < -0.4 is 5.43 Å². The first-order chi connectivity index (χ1) is 8.09. The summed E-state index contributed by atoms with van der Waals surface area (Å²) in [5.74, 6) is -1.74. The van der Waals surface area contributed by atoms with E-state index in [1.165, 1.54) is 6.07 Å². The van der Waals surface area contributed by atoms with Gasteiger partial charge in [0.05, 0.1) is 0 Å². The van der Waals surface area contributed by atoms with Crippen LogP contribution in [0.3, 0.4) is 0 Å². The average molecular weight is 251 g/mol. The Labute approximate surface area is 101 Å². The number of hydrogen-bond acceptors (Lipinski definition) is 3. The van der Waals surface area contributed by atoms with E-state index in [9.17, 15) is 9.59 Å². The summed E-state index contributed by atoms with van der Waals surface area (Å²) in [6.07, 6.45) is 0. The fraction of sp³-hybridized carbons (Fsp3) is 0. The highest BCUT2D eigenvalue weighted by atomic mass is 35.5. The van der Waals surface area contributed by atoms with E-state index in [-0.39, 0.29) is 5.76 Å². The molecule has 0 bridgehead atoms. The molecule has 0 saturated heterocycles. The maximum absolute atomic E-state index is 11.5. The summed E-state index contributed by atoms with van der Waals surface area (Å²) < 4.78 is 5.11. The summed E-state index contributed by atoms with van der Waals surface area (Å²) in [5, 5.41) is 8.43. The van der Waals surface area contributed by atoms with Gasteiger partial charge in [-0.3, -0.25) is 4.79 Å². The number of benzene rings is 1. The molecule has 1 aromatic carbocycles. The van der Waals surface area contributed by atoms with Crippen LogP contribution in [0, 0.1) is 0 Å². The van der Waals surface area contributed by atoms with Gasteiger partial charge in [-0.15, -0.1) is 0 Å². The van der Waals surface area contributed by atoms with Crippen molar-refractivity contribution in [2.75, 3.05) is 0 Å². The first kappa shape index (κ1) is 11.4. The molecule has 0 saturated carbocycles. The molecular formula is C12H7ClO4. The van der Waals surface area contributed by atoms with Crippen molar-refractivity contribution in [3.63, 3.8) is 0 Å². The first-order valence-electron chi connectivity index (χ1n) is 4.72. The molecule has 0 aliphatic heterocycles. The van der Waals surface area contributed by atoms with Crippen molar-refractivity contribution >= 4 is 17.6 Å². The molecule has 0 amide bonds. The summed E-state index contributed by atoms with van der Waals surface area (Å²) in [6, 6.07) is 9.89. The Morgan fingerprint density at radius 2 is 1.88 bits per heavy atom. The molecule has 2 rings (SSSR count). The number of rotatable bonds is 2. The highest BCUT2D eigenvalue weighted by Gasteiger charge is 2.17. The SMILES string of the molecule is O=C(O)c1oc(-c2ccccc2)cc(=O)c1Cl. The topological polar surface area (TPSA) is 67.5 Å². The van der Waals surface area contributed by atoms with Crippen LogP contribution in [0.4, 0.5) is 0 Å². The van der Waals surface area contributed by atoms with E-state index in [0.717, 1.165) is 0 Å². The highest BCUT2D eigenvalue weighted by molar-refractivity contribution is 6.32. The molecule has 0 aliphatic carbocycles. The van der Waals surface area contributed by atoms with Crippen molar-refractivity contribution in [1.29, 1.82) is 0 Å². The second-order valence-corrected chi connectivity index (χ2v) is 3.67. The van der Waals surface area contributed by atoms with Gasteiger partial charge in [0.1, 0.15) is 10.8 Å². The van der Waals surface area contributed by atoms with Gasteiger partial charge in [-0.05, 0) is 0 Å². The summed E-state index contributed by atoms with van der Waals surface area (Å²) in [7, 11) is 0. The molecule has 1 aromatic heterocycles. The van der Waals surface area contributed by atoms with Crippen molar-refractivity contribution in [3.05, 3.63) is 57.4 Å². The minimum atomic E-state index is -1.37. The second kappa shape index (κ2) is 4.43. The molecule has 0 atom stereocenters. The zero-order valence-electron chi connectivity index (χ0n) is 8.51. The zero-order valence-corrected chi connectivity index (χ0v) is 9.27. The Balaban J connectivity index is 2.66. The number of aromatic carboxylic acids is 1. The van der Waals surface area contributed by atoms with Gasteiger partial charge in [0.25, 0.3) is 0 Å². The number of carboxylic acid groups (broad SMARTS) is 1. The molecular weight excluding hydrogens is 244 g/mol. The molecule has 0 fully saturated rings. The molecule has 0 aliphatic rings. The maximum Gasteiger partial charge on any atom is 0.373 e. The van der Waals surface area contributed by atoms with Crippen molar-refractivity contribution < 1.29 is 14.3 Å². The predicted octanol–water partition coefficient (Wildman–Crippen LogP) is 2.66. The van der Waals surface area contributed by atoms with Gasteiger partial charge in [0, 0.05) is 11.6 Å². The van der Waals surface area contributed by atoms with Crippen molar-refractivity contribution in [3.8, 4) is 11.3 Å². The van der Waals surface area contributed by atoms with Crippen LogP contribution in [0.15, 0.2) is 45.6 Å². The van der Waals surface area contributed by atoms with Gasteiger partial charge in [0.2, 0.25) is 11.2 Å². The van der Waals surface area contributed by atoms with Gasteiger partial charge >= 0.3 is 5.97 Å². The molecule has 17 heavy (non-hydrogen) atoms. The van der Waals surface area contributed by atoms with Crippen LogP contribution >= 0.6 is 11.6 Å². The number of carboxylic acids is 1. The van der Waals surface area contributed by atoms with E-state index in [1.807, 2.05) is 0 Å². The van der Waals surface area contributed by atoms with Crippen LogP contribution in [0.2, 0.25) is 5.02 Å². The Morgan fingerprint density at radius 1 is 1.24 bits per heavy atom. The Bertz CT molecular complexity index is 616. The smallest absolute Gasteiger partial charge is 0.373 e. The maximum atomic E-state index is 11.5. The zero-order chi connectivity index (χ0) is 12.4. The lowest BCUT2D eigenvalue weighted by molar-refractivity contribution is 0.0661. The third kappa shape index (κ3) is 2.21. The van der Waals surface area contributed by atoms with Crippen molar-refractivity contribution in [2.24, 2.45) is 0 Å². The minimum Gasteiger partial charge on any atom is -0.475 e. The third-order valence-electron chi connectivity index (χ3n) is 2.14. The van der Waals surface area contributed by atoms with Gasteiger partial charge in [-0.2, -0.15) is 0 Å². The van der Waals surface area contributed by atoms with Gasteiger partial charge in [-0.1, -0.05) is 41.9 Å². The van der Waals surface area contributed by atoms with E-state index in [4.69, 9.17) is 21.1 Å². The number of hydrogen-bond donors (Lipinski definition) is 1. The molecule has 4 nitrogen and oxygen atoms in total. The lowest BCUT2D eigenvalue weighted by atomic mass is 10.1. The summed E-state index contributed by atoms with van der Waals surface area (Å²) in [6.45, 7) is 0. The van der Waals surface area contributed by atoms with Crippen LogP contribution in [0.25, 0.3) is 11.3 Å². The van der Waals surface area contributed by atoms with Gasteiger partial charge in [0.15, 0.2) is 0 Å². The molecule has 2 aromatic rings. The molecule has 1 N–H and O–H groups in total. The fourth-order valence-electron chi connectivity index (χ4n) is 1.36. The van der Waals surface area contributed by atoms with E-state index >= 15 is 0 Å². The lowest BCUT2D eigenvalue weighted by Crippen LogP contribution is -2.08. The van der Waals surface area contributed by atoms with Gasteiger partial charge in [-0.25, -0.2) is 4.79 Å². The third-order valence-corrected chi connectivity index (χ3v) is 2.50. The summed E-state index contributed by atoms with van der Waals surface area (Å²) in [5.41, 5.74) is 0.0398. The fourth-order valence-corrected chi connectivity index (χ4v) is 1.53.